The molecule has 0 bridgehead atoms. The van der Waals surface area contributed by atoms with Gasteiger partial charge in [0.15, 0.2) is 0 Å². The van der Waals surface area contributed by atoms with E-state index < -0.39 is 0 Å². The van der Waals surface area contributed by atoms with Crippen molar-refractivity contribution in [1.29, 1.82) is 0 Å². The molecule has 86 valence electrons. The summed E-state index contributed by atoms with van der Waals surface area (Å²) in [5.41, 5.74) is 0.949. The van der Waals surface area contributed by atoms with E-state index in [1.165, 1.54) is 6.33 Å². The van der Waals surface area contributed by atoms with Crippen molar-refractivity contribution < 1.29 is 4.79 Å². The number of carbonyl (C=O) groups is 1. The van der Waals surface area contributed by atoms with Crippen molar-refractivity contribution in [2.24, 2.45) is 0 Å². The molecule has 0 unspecified atom stereocenters. The summed E-state index contributed by atoms with van der Waals surface area (Å²) >= 11 is 1.77. The van der Waals surface area contributed by atoms with E-state index in [0.29, 0.717) is 6.54 Å². The highest BCUT2D eigenvalue weighted by Crippen LogP contribution is 2.34. The van der Waals surface area contributed by atoms with Crippen molar-refractivity contribution >= 4 is 23.4 Å². The maximum Gasteiger partial charge on any atom is 0.295 e. The highest BCUT2D eigenvalue weighted by molar-refractivity contribution is 7.99. The number of aromatic amines is 1. The van der Waals surface area contributed by atoms with E-state index in [9.17, 15) is 4.79 Å². The lowest BCUT2D eigenvalue weighted by Gasteiger charge is -2.27. The summed E-state index contributed by atoms with van der Waals surface area (Å²) in [6.45, 7) is 0.696. The maximum atomic E-state index is 12.2. The van der Waals surface area contributed by atoms with Gasteiger partial charge in [-0.25, -0.2) is 4.98 Å². The Kier molecular flexibility index (Phi) is 2.56. The Morgan fingerprint density at radius 2 is 2.29 bits per heavy atom. The number of nitrogens with zero attached hydrogens (tertiary/aromatic N) is 3. The van der Waals surface area contributed by atoms with Crippen LogP contribution >= 0.6 is 11.8 Å². The minimum Gasteiger partial charge on any atom is -0.304 e. The average Bonchev–Trinajstić information content (AvgIpc) is 2.91. The zero-order chi connectivity index (χ0) is 11.7. The number of aromatic nitrogens is 3. The van der Waals surface area contributed by atoms with E-state index in [1.54, 1.807) is 16.7 Å². The third-order valence-electron chi connectivity index (χ3n) is 2.59. The molecule has 1 amide bonds. The molecule has 2 aromatic rings. The number of H-pyrrole nitrogens is 1. The van der Waals surface area contributed by atoms with Crippen LogP contribution in [0.25, 0.3) is 0 Å². The van der Waals surface area contributed by atoms with Gasteiger partial charge in [-0.1, -0.05) is 12.1 Å². The summed E-state index contributed by atoms with van der Waals surface area (Å²) in [4.78, 5) is 19.0. The standard InChI is InChI=1S/C11H10N4OS/c16-11(10-12-7-13-14-10)15-5-6-17-9-4-2-1-3-8(9)15/h1-4,7H,5-6H2,(H,12,13,14). The van der Waals surface area contributed by atoms with E-state index >= 15 is 0 Å². The van der Waals surface area contributed by atoms with E-state index in [1.807, 2.05) is 24.3 Å². The van der Waals surface area contributed by atoms with Gasteiger partial charge in [0.1, 0.15) is 6.33 Å². The summed E-state index contributed by atoms with van der Waals surface area (Å²) in [5, 5.41) is 6.31. The molecule has 5 nitrogen and oxygen atoms in total. The molecule has 3 rings (SSSR count). The fraction of sp³-hybridized carbons (Fsp3) is 0.182. The number of carbonyl (C=O) groups excluding carboxylic acids is 1. The molecule has 0 spiro atoms. The molecule has 1 aliphatic rings. The molecule has 0 atom stereocenters. The number of thioether (sulfide) groups is 1. The normalized spacial score (nSPS) is 14.5. The minimum absolute atomic E-state index is 0.129. The number of anilines is 1. The summed E-state index contributed by atoms with van der Waals surface area (Å²) in [7, 11) is 0. The predicted molar refractivity (Wildman–Crippen MR) is 65.2 cm³/mol. The molecule has 1 aliphatic heterocycles. The molecular formula is C11H10N4OS. The van der Waals surface area contributed by atoms with Crippen LogP contribution in [0.5, 0.6) is 0 Å². The Hall–Kier alpha value is -1.82. The van der Waals surface area contributed by atoms with Crippen molar-refractivity contribution in [1.82, 2.24) is 15.2 Å². The van der Waals surface area contributed by atoms with Crippen LogP contribution in [-0.2, 0) is 0 Å². The zero-order valence-electron chi connectivity index (χ0n) is 8.96. The van der Waals surface area contributed by atoms with Gasteiger partial charge < -0.3 is 4.90 Å². The molecule has 0 radical (unpaired) electrons. The summed E-state index contributed by atoms with van der Waals surface area (Å²) in [6, 6.07) is 7.90. The molecule has 17 heavy (non-hydrogen) atoms. The molecule has 6 heteroatoms. The second-order valence-electron chi connectivity index (χ2n) is 3.61. The van der Waals surface area contributed by atoms with Crippen LogP contribution in [0, 0.1) is 0 Å². The lowest BCUT2D eigenvalue weighted by Crippen LogP contribution is -2.36. The van der Waals surface area contributed by atoms with Gasteiger partial charge in [0.2, 0.25) is 5.82 Å². The fourth-order valence-corrected chi connectivity index (χ4v) is 2.81. The molecule has 1 aromatic carbocycles. The first kappa shape index (κ1) is 10.3. The molecule has 0 saturated heterocycles. The smallest absolute Gasteiger partial charge is 0.295 e. The highest BCUT2D eigenvalue weighted by Gasteiger charge is 2.25. The maximum absolute atomic E-state index is 12.2. The quantitative estimate of drug-likeness (QED) is 0.829. The molecule has 0 fully saturated rings. The fourth-order valence-electron chi connectivity index (χ4n) is 1.82. The number of hydrogen-bond donors (Lipinski definition) is 1. The molecule has 2 heterocycles. The number of para-hydroxylation sites is 1. The van der Waals surface area contributed by atoms with Crippen LogP contribution < -0.4 is 4.90 Å². The van der Waals surface area contributed by atoms with Crippen molar-refractivity contribution in [3.05, 3.63) is 36.4 Å². The number of hydrogen-bond acceptors (Lipinski definition) is 4. The Labute approximate surface area is 102 Å². The van der Waals surface area contributed by atoms with Crippen molar-refractivity contribution in [3.63, 3.8) is 0 Å². The lowest BCUT2D eigenvalue weighted by molar-refractivity contribution is 0.0978. The number of rotatable bonds is 1. The van der Waals surface area contributed by atoms with Gasteiger partial charge in [0.05, 0.1) is 5.69 Å². The summed E-state index contributed by atoms with van der Waals surface area (Å²) in [6.07, 6.45) is 1.35. The Bertz CT molecular complexity index is 540. The van der Waals surface area contributed by atoms with Gasteiger partial charge in [0, 0.05) is 17.2 Å². The van der Waals surface area contributed by atoms with Gasteiger partial charge in [-0.05, 0) is 12.1 Å². The Morgan fingerprint density at radius 1 is 1.41 bits per heavy atom. The zero-order valence-corrected chi connectivity index (χ0v) is 9.78. The first-order valence-electron chi connectivity index (χ1n) is 5.25. The van der Waals surface area contributed by atoms with Crippen LogP contribution in [0.3, 0.4) is 0 Å². The molecule has 1 N–H and O–H groups in total. The topological polar surface area (TPSA) is 61.9 Å². The van der Waals surface area contributed by atoms with Gasteiger partial charge in [-0.15, -0.1) is 11.8 Å². The third kappa shape index (κ3) is 1.80. The predicted octanol–water partition coefficient (Wildman–Crippen LogP) is 1.56. The Morgan fingerprint density at radius 3 is 3.12 bits per heavy atom. The van der Waals surface area contributed by atoms with E-state index in [2.05, 4.69) is 15.2 Å². The molecule has 0 aliphatic carbocycles. The van der Waals surface area contributed by atoms with Crippen LogP contribution in [0.2, 0.25) is 0 Å². The molecule has 0 saturated carbocycles. The first-order chi connectivity index (χ1) is 8.36. The second-order valence-corrected chi connectivity index (χ2v) is 4.74. The van der Waals surface area contributed by atoms with Gasteiger partial charge in [-0.3, -0.25) is 9.89 Å². The number of amides is 1. The largest absolute Gasteiger partial charge is 0.304 e. The van der Waals surface area contributed by atoms with Crippen molar-refractivity contribution in [2.45, 2.75) is 4.90 Å². The average molecular weight is 246 g/mol. The van der Waals surface area contributed by atoms with E-state index in [4.69, 9.17) is 0 Å². The lowest BCUT2D eigenvalue weighted by atomic mass is 10.2. The first-order valence-corrected chi connectivity index (χ1v) is 6.24. The second kappa shape index (κ2) is 4.21. The van der Waals surface area contributed by atoms with E-state index in [0.717, 1.165) is 16.3 Å². The van der Waals surface area contributed by atoms with Crippen molar-refractivity contribution in [2.75, 3.05) is 17.2 Å². The molecule has 1 aromatic heterocycles. The minimum atomic E-state index is -0.129. The van der Waals surface area contributed by atoms with E-state index in [-0.39, 0.29) is 11.7 Å². The molecular weight excluding hydrogens is 236 g/mol. The van der Waals surface area contributed by atoms with Gasteiger partial charge in [-0.2, -0.15) is 5.10 Å². The number of fused-ring (bicyclic) bond motifs is 1. The summed E-state index contributed by atoms with van der Waals surface area (Å²) in [5.74, 6) is 1.05. The number of benzene rings is 1. The highest BCUT2D eigenvalue weighted by atomic mass is 32.2. The van der Waals surface area contributed by atoms with Crippen LogP contribution in [0.15, 0.2) is 35.5 Å². The summed E-state index contributed by atoms with van der Waals surface area (Å²) < 4.78 is 0. The van der Waals surface area contributed by atoms with Crippen LogP contribution in [0.1, 0.15) is 10.6 Å². The van der Waals surface area contributed by atoms with Crippen LogP contribution in [0.4, 0.5) is 5.69 Å². The number of nitrogens with one attached hydrogen (secondary N) is 1. The third-order valence-corrected chi connectivity index (χ3v) is 3.63. The monoisotopic (exact) mass is 246 g/mol. The van der Waals surface area contributed by atoms with Crippen molar-refractivity contribution in [3.8, 4) is 0 Å². The van der Waals surface area contributed by atoms with Gasteiger partial charge >= 0.3 is 0 Å². The Balaban J connectivity index is 1.98. The van der Waals surface area contributed by atoms with Gasteiger partial charge in [0.25, 0.3) is 5.91 Å². The van der Waals surface area contributed by atoms with Crippen LogP contribution in [-0.4, -0.2) is 33.4 Å². The SMILES string of the molecule is O=C(c1ncn[nH]1)N1CCSc2ccccc21.